The summed E-state index contributed by atoms with van der Waals surface area (Å²) in [7, 11) is 0. The Morgan fingerprint density at radius 2 is 1.90 bits per heavy atom. The molecule has 0 aliphatic rings. The molecule has 1 N–H and O–H groups in total. The molecule has 0 amide bonds. The maximum Gasteiger partial charge on any atom is 0.303 e. The van der Waals surface area contributed by atoms with Gasteiger partial charge in [0.25, 0.3) is 0 Å². The molecule has 3 heteroatoms. The predicted molar refractivity (Wildman–Crippen MR) is 36.4 cm³/mol. The molecule has 2 nitrogen and oxygen atoms in total. The molecule has 0 aliphatic carbocycles. The number of rotatable bonds is 5. The standard InChI is InChI=1S/C7H14O2.Zr/c1-2-3-4-5-6-7(8)9;/h2-6H2,1H3,(H,8,9);. The summed E-state index contributed by atoms with van der Waals surface area (Å²) < 4.78 is 0. The minimum Gasteiger partial charge on any atom is -0.481 e. The molecule has 0 saturated carbocycles. The van der Waals surface area contributed by atoms with E-state index in [1.807, 2.05) is 0 Å². The van der Waals surface area contributed by atoms with Crippen molar-refractivity contribution < 1.29 is 36.1 Å². The van der Waals surface area contributed by atoms with E-state index in [4.69, 9.17) is 5.11 Å². The molecule has 0 radical (unpaired) electrons. The molecule has 0 aliphatic heterocycles. The number of hydrogen-bond acceptors (Lipinski definition) is 1. The molecule has 0 fully saturated rings. The van der Waals surface area contributed by atoms with Gasteiger partial charge >= 0.3 is 5.97 Å². The van der Waals surface area contributed by atoms with Gasteiger partial charge in [-0.05, 0) is 6.42 Å². The third-order valence-electron chi connectivity index (χ3n) is 1.24. The molecular weight excluding hydrogens is 207 g/mol. The fourth-order valence-electron chi connectivity index (χ4n) is 0.703. The summed E-state index contributed by atoms with van der Waals surface area (Å²) >= 11 is 0. The molecule has 10 heavy (non-hydrogen) atoms. The van der Waals surface area contributed by atoms with Gasteiger partial charge in [0.15, 0.2) is 0 Å². The van der Waals surface area contributed by atoms with Crippen LogP contribution in [0.1, 0.15) is 39.0 Å². The third-order valence-corrected chi connectivity index (χ3v) is 1.24. The zero-order chi connectivity index (χ0) is 7.11. The Morgan fingerprint density at radius 1 is 1.30 bits per heavy atom. The van der Waals surface area contributed by atoms with Crippen LogP contribution in [0.3, 0.4) is 0 Å². The summed E-state index contributed by atoms with van der Waals surface area (Å²) in [5.74, 6) is -0.675. The van der Waals surface area contributed by atoms with Crippen molar-refractivity contribution in [3.8, 4) is 0 Å². The Labute approximate surface area is 81.1 Å². The van der Waals surface area contributed by atoms with Crippen LogP contribution >= 0.6 is 0 Å². The first-order chi connectivity index (χ1) is 4.27. The van der Waals surface area contributed by atoms with E-state index in [-0.39, 0.29) is 26.2 Å². The van der Waals surface area contributed by atoms with E-state index >= 15 is 0 Å². The quantitative estimate of drug-likeness (QED) is 0.721. The van der Waals surface area contributed by atoms with Crippen LogP contribution in [0.15, 0.2) is 0 Å². The molecular formula is C7H14O2Zr. The van der Waals surface area contributed by atoms with Gasteiger partial charge in [0.2, 0.25) is 0 Å². The van der Waals surface area contributed by atoms with Crippen LogP contribution in [0, 0.1) is 0 Å². The van der Waals surface area contributed by atoms with E-state index in [9.17, 15) is 4.79 Å². The molecule has 0 rings (SSSR count). The first kappa shape index (κ1) is 13.0. The second-order valence-electron chi connectivity index (χ2n) is 2.20. The molecule has 58 valence electrons. The second kappa shape index (κ2) is 9.35. The SMILES string of the molecule is CCCCCCC(=O)O.[Zr]. The zero-order valence-electron chi connectivity index (χ0n) is 6.39. The number of carboxylic acid groups (broad SMARTS) is 1. The number of unbranched alkanes of at least 4 members (excludes halogenated alkanes) is 3. The van der Waals surface area contributed by atoms with Crippen molar-refractivity contribution in [3.63, 3.8) is 0 Å². The Bertz CT molecular complexity index is 83.7. The van der Waals surface area contributed by atoms with Crippen molar-refractivity contribution in [2.45, 2.75) is 39.0 Å². The van der Waals surface area contributed by atoms with Crippen LogP contribution in [0.4, 0.5) is 0 Å². The van der Waals surface area contributed by atoms with E-state index in [0.29, 0.717) is 6.42 Å². The van der Waals surface area contributed by atoms with E-state index in [0.717, 1.165) is 19.3 Å². The average molecular weight is 221 g/mol. The molecule has 0 saturated heterocycles. The van der Waals surface area contributed by atoms with Crippen LogP contribution in [0.5, 0.6) is 0 Å². The summed E-state index contributed by atoms with van der Waals surface area (Å²) in [6.45, 7) is 2.11. The van der Waals surface area contributed by atoms with Crippen molar-refractivity contribution in [1.82, 2.24) is 0 Å². The van der Waals surface area contributed by atoms with Crippen molar-refractivity contribution >= 4 is 5.97 Å². The Hall–Kier alpha value is 0.353. The second-order valence-corrected chi connectivity index (χ2v) is 2.20. The molecule has 0 spiro atoms. The van der Waals surface area contributed by atoms with Gasteiger partial charge in [-0.1, -0.05) is 26.2 Å². The third kappa shape index (κ3) is 11.2. The Kier molecular flexibility index (Phi) is 12.1. The van der Waals surface area contributed by atoms with Gasteiger partial charge in [-0.15, -0.1) is 0 Å². The van der Waals surface area contributed by atoms with Crippen molar-refractivity contribution in [1.29, 1.82) is 0 Å². The Morgan fingerprint density at radius 3 is 2.30 bits per heavy atom. The van der Waals surface area contributed by atoms with Crippen LogP contribution < -0.4 is 0 Å². The van der Waals surface area contributed by atoms with E-state index in [2.05, 4.69) is 6.92 Å². The summed E-state index contributed by atoms with van der Waals surface area (Å²) in [6, 6.07) is 0. The van der Waals surface area contributed by atoms with E-state index in [1.165, 1.54) is 6.42 Å². The number of carboxylic acids is 1. The van der Waals surface area contributed by atoms with Crippen LogP contribution in [0.25, 0.3) is 0 Å². The predicted octanol–water partition coefficient (Wildman–Crippen LogP) is 2.04. The van der Waals surface area contributed by atoms with Gasteiger partial charge in [0.05, 0.1) is 0 Å². The normalized spacial score (nSPS) is 8.50. The minimum absolute atomic E-state index is 0. The minimum atomic E-state index is -0.675. The maximum atomic E-state index is 9.96. The maximum absolute atomic E-state index is 9.96. The van der Waals surface area contributed by atoms with E-state index < -0.39 is 5.97 Å². The van der Waals surface area contributed by atoms with E-state index in [1.54, 1.807) is 0 Å². The molecule has 0 bridgehead atoms. The summed E-state index contributed by atoms with van der Waals surface area (Å²) in [5, 5.41) is 8.21. The van der Waals surface area contributed by atoms with Gasteiger partial charge < -0.3 is 5.11 Å². The van der Waals surface area contributed by atoms with Gasteiger partial charge in [0, 0.05) is 32.6 Å². The van der Waals surface area contributed by atoms with Crippen molar-refractivity contribution in [2.24, 2.45) is 0 Å². The van der Waals surface area contributed by atoms with Gasteiger partial charge in [0.1, 0.15) is 0 Å². The van der Waals surface area contributed by atoms with Gasteiger partial charge in [-0.2, -0.15) is 0 Å². The Balaban J connectivity index is 0. The van der Waals surface area contributed by atoms with Crippen LogP contribution in [-0.2, 0) is 31.0 Å². The van der Waals surface area contributed by atoms with Crippen LogP contribution in [-0.4, -0.2) is 11.1 Å². The average Bonchev–Trinajstić information content (AvgIpc) is 1.80. The smallest absolute Gasteiger partial charge is 0.303 e. The van der Waals surface area contributed by atoms with Crippen molar-refractivity contribution in [3.05, 3.63) is 0 Å². The summed E-state index contributed by atoms with van der Waals surface area (Å²) in [5.41, 5.74) is 0. The largest absolute Gasteiger partial charge is 0.481 e. The molecule has 0 heterocycles. The van der Waals surface area contributed by atoms with Gasteiger partial charge in [-0.25, -0.2) is 0 Å². The molecule has 0 atom stereocenters. The molecule has 0 aromatic heterocycles. The van der Waals surface area contributed by atoms with Crippen molar-refractivity contribution in [2.75, 3.05) is 0 Å². The summed E-state index contributed by atoms with van der Waals surface area (Å²) in [4.78, 5) is 9.96. The number of aliphatic carboxylic acids is 1. The molecule has 0 aromatic carbocycles. The summed E-state index contributed by atoms with van der Waals surface area (Å²) in [6.07, 6.45) is 4.55. The number of carbonyl (C=O) groups is 1. The first-order valence-electron chi connectivity index (χ1n) is 3.49. The topological polar surface area (TPSA) is 37.3 Å². The molecule has 0 unspecified atom stereocenters. The zero-order valence-corrected chi connectivity index (χ0v) is 8.85. The van der Waals surface area contributed by atoms with Crippen LogP contribution in [0.2, 0.25) is 0 Å². The molecule has 0 aromatic rings. The van der Waals surface area contributed by atoms with Gasteiger partial charge in [-0.3, -0.25) is 4.79 Å². The fraction of sp³-hybridized carbons (Fsp3) is 0.857. The monoisotopic (exact) mass is 220 g/mol. The first-order valence-corrected chi connectivity index (χ1v) is 3.49. The fourth-order valence-corrected chi connectivity index (χ4v) is 0.703. The number of hydrogen-bond donors (Lipinski definition) is 1.